The molecule has 5 aromatic rings. The predicted molar refractivity (Wildman–Crippen MR) is 145 cm³/mol. The predicted octanol–water partition coefficient (Wildman–Crippen LogP) is 10.1. The molecule has 3 aromatic carbocycles. The molecule has 162 valence electrons. The Kier molecular flexibility index (Phi) is 6.43. The van der Waals surface area contributed by atoms with Gasteiger partial charge < -0.3 is 0 Å². The summed E-state index contributed by atoms with van der Waals surface area (Å²) in [4.78, 5) is 2.76. The van der Waals surface area contributed by atoms with Gasteiger partial charge in [-0.15, -0.1) is 22.7 Å². The lowest BCUT2D eigenvalue weighted by molar-refractivity contribution is 0.797. The minimum atomic E-state index is 1.19. The first kappa shape index (κ1) is 21.4. The summed E-state index contributed by atoms with van der Waals surface area (Å²) >= 11 is 3.75. The Morgan fingerprint density at radius 1 is 0.531 bits per heavy atom. The standard InChI is InChI=1S/C30H30S2/c1-3-5-7-21-13-29(31-19-21)25-11-9-23-16-28-18-26(12-10-24(28)15-27(23)17-25)30-14-22(20-32-30)8-6-4-2/h9-20H,3-8H2,1-2H3. The van der Waals surface area contributed by atoms with E-state index in [9.17, 15) is 0 Å². The fourth-order valence-corrected chi connectivity index (χ4v) is 6.28. The summed E-state index contributed by atoms with van der Waals surface area (Å²) in [6, 6.07) is 23.3. The molecule has 0 spiro atoms. The molecule has 2 heterocycles. The summed E-state index contributed by atoms with van der Waals surface area (Å²) in [5.74, 6) is 0. The van der Waals surface area contributed by atoms with Gasteiger partial charge in [-0.05, 0) is 117 Å². The van der Waals surface area contributed by atoms with Gasteiger partial charge in [-0.3, -0.25) is 0 Å². The average Bonchev–Trinajstić information content (AvgIpc) is 3.49. The molecule has 0 unspecified atom stereocenters. The Balaban J connectivity index is 1.45. The highest BCUT2D eigenvalue weighted by Gasteiger charge is 2.08. The van der Waals surface area contributed by atoms with Gasteiger partial charge in [0.05, 0.1) is 0 Å². The van der Waals surface area contributed by atoms with Gasteiger partial charge in [0, 0.05) is 9.75 Å². The normalized spacial score (nSPS) is 11.6. The van der Waals surface area contributed by atoms with E-state index in [0.717, 1.165) is 0 Å². The second-order valence-corrected chi connectivity index (χ2v) is 10.6. The van der Waals surface area contributed by atoms with Crippen molar-refractivity contribution >= 4 is 44.2 Å². The summed E-state index contributed by atoms with van der Waals surface area (Å²) in [6.45, 7) is 4.52. The van der Waals surface area contributed by atoms with Crippen molar-refractivity contribution in [2.75, 3.05) is 0 Å². The number of rotatable bonds is 8. The molecule has 2 heteroatoms. The van der Waals surface area contributed by atoms with Gasteiger partial charge in [0.25, 0.3) is 0 Å². The number of thiophene rings is 2. The van der Waals surface area contributed by atoms with Crippen LogP contribution in [0.5, 0.6) is 0 Å². The maximum absolute atomic E-state index is 2.38. The molecule has 0 nitrogen and oxygen atoms in total. The van der Waals surface area contributed by atoms with Crippen molar-refractivity contribution in [3.8, 4) is 20.9 Å². The Morgan fingerprint density at radius 2 is 1.00 bits per heavy atom. The highest BCUT2D eigenvalue weighted by molar-refractivity contribution is 7.14. The molecule has 2 aromatic heterocycles. The fraction of sp³-hybridized carbons (Fsp3) is 0.267. The van der Waals surface area contributed by atoms with Crippen molar-refractivity contribution in [3.05, 3.63) is 82.6 Å². The smallest absolute Gasteiger partial charge is 0.0345 e. The molecular weight excluding hydrogens is 424 g/mol. The van der Waals surface area contributed by atoms with Crippen LogP contribution in [0.4, 0.5) is 0 Å². The second-order valence-electron chi connectivity index (χ2n) is 8.82. The highest BCUT2D eigenvalue weighted by atomic mass is 32.1. The zero-order valence-corrected chi connectivity index (χ0v) is 20.6. The van der Waals surface area contributed by atoms with Gasteiger partial charge in [-0.1, -0.05) is 51.0 Å². The van der Waals surface area contributed by atoms with Gasteiger partial charge in [-0.25, -0.2) is 0 Å². The summed E-state index contributed by atoms with van der Waals surface area (Å²) in [5, 5.41) is 9.94. The van der Waals surface area contributed by atoms with E-state index in [2.05, 4.69) is 85.3 Å². The first-order chi connectivity index (χ1) is 15.7. The molecule has 0 saturated carbocycles. The molecule has 0 fully saturated rings. The fourth-order valence-electron chi connectivity index (χ4n) is 4.38. The minimum absolute atomic E-state index is 1.19. The summed E-state index contributed by atoms with van der Waals surface area (Å²) in [6.07, 6.45) is 7.43. The number of unbranched alkanes of at least 4 members (excludes halogenated alkanes) is 2. The third-order valence-electron chi connectivity index (χ3n) is 6.31. The second kappa shape index (κ2) is 9.60. The highest BCUT2D eigenvalue weighted by Crippen LogP contribution is 2.34. The van der Waals surface area contributed by atoms with Crippen LogP contribution in [-0.2, 0) is 12.8 Å². The molecule has 0 aliphatic heterocycles. The van der Waals surface area contributed by atoms with E-state index in [1.54, 1.807) is 0 Å². The molecular formula is C30H30S2. The van der Waals surface area contributed by atoms with E-state index in [0.29, 0.717) is 0 Å². The van der Waals surface area contributed by atoms with Crippen LogP contribution in [0.2, 0.25) is 0 Å². The Hall–Kier alpha value is -2.42. The first-order valence-electron chi connectivity index (χ1n) is 11.9. The molecule has 0 radical (unpaired) electrons. The SMILES string of the molecule is CCCCc1csc(-c2ccc3cc4cc(-c5cc(CCCC)cs5)ccc4cc3c2)c1. The zero-order chi connectivity index (χ0) is 21.9. The summed E-state index contributed by atoms with van der Waals surface area (Å²) < 4.78 is 0. The lowest BCUT2D eigenvalue weighted by Gasteiger charge is -2.07. The van der Waals surface area contributed by atoms with Crippen molar-refractivity contribution in [2.45, 2.75) is 52.4 Å². The van der Waals surface area contributed by atoms with Crippen molar-refractivity contribution in [3.63, 3.8) is 0 Å². The number of benzene rings is 3. The molecule has 0 N–H and O–H groups in total. The van der Waals surface area contributed by atoms with Gasteiger partial charge >= 0.3 is 0 Å². The molecule has 0 saturated heterocycles. The molecule has 0 aliphatic carbocycles. The number of hydrogen-bond acceptors (Lipinski definition) is 2. The van der Waals surface area contributed by atoms with E-state index < -0.39 is 0 Å². The third kappa shape index (κ3) is 4.53. The van der Waals surface area contributed by atoms with Crippen LogP contribution in [0.25, 0.3) is 42.4 Å². The van der Waals surface area contributed by atoms with Crippen LogP contribution in [0, 0.1) is 0 Å². The number of fused-ring (bicyclic) bond motifs is 2. The molecule has 0 amide bonds. The summed E-state index contributed by atoms with van der Waals surface area (Å²) in [7, 11) is 0. The van der Waals surface area contributed by atoms with Gasteiger partial charge in [0.2, 0.25) is 0 Å². The van der Waals surface area contributed by atoms with Crippen molar-refractivity contribution < 1.29 is 0 Å². The third-order valence-corrected chi connectivity index (χ3v) is 8.37. The lowest BCUT2D eigenvalue weighted by Crippen LogP contribution is -1.81. The van der Waals surface area contributed by atoms with E-state index in [1.165, 1.54) is 92.1 Å². The van der Waals surface area contributed by atoms with E-state index in [4.69, 9.17) is 0 Å². The molecule has 0 atom stereocenters. The van der Waals surface area contributed by atoms with Gasteiger partial charge in [-0.2, -0.15) is 0 Å². The lowest BCUT2D eigenvalue weighted by atomic mass is 9.99. The Morgan fingerprint density at radius 3 is 1.44 bits per heavy atom. The van der Waals surface area contributed by atoms with E-state index in [1.807, 2.05) is 22.7 Å². The zero-order valence-electron chi connectivity index (χ0n) is 19.0. The van der Waals surface area contributed by atoms with Crippen LogP contribution in [0.3, 0.4) is 0 Å². The molecule has 0 aliphatic rings. The van der Waals surface area contributed by atoms with E-state index >= 15 is 0 Å². The van der Waals surface area contributed by atoms with Crippen molar-refractivity contribution in [2.24, 2.45) is 0 Å². The van der Waals surface area contributed by atoms with Crippen LogP contribution in [0.1, 0.15) is 50.7 Å². The van der Waals surface area contributed by atoms with Crippen LogP contribution in [0.15, 0.2) is 71.4 Å². The van der Waals surface area contributed by atoms with Crippen molar-refractivity contribution in [1.82, 2.24) is 0 Å². The first-order valence-corrected chi connectivity index (χ1v) is 13.6. The van der Waals surface area contributed by atoms with Gasteiger partial charge in [0.1, 0.15) is 0 Å². The average molecular weight is 455 g/mol. The quantitative estimate of drug-likeness (QED) is 0.205. The van der Waals surface area contributed by atoms with Gasteiger partial charge in [0.15, 0.2) is 0 Å². The maximum atomic E-state index is 2.38. The Bertz CT molecular complexity index is 1250. The molecule has 5 rings (SSSR count). The van der Waals surface area contributed by atoms with Crippen LogP contribution in [-0.4, -0.2) is 0 Å². The van der Waals surface area contributed by atoms with E-state index in [-0.39, 0.29) is 0 Å². The maximum Gasteiger partial charge on any atom is 0.0345 e. The molecule has 32 heavy (non-hydrogen) atoms. The largest absolute Gasteiger partial charge is 0.144 e. The minimum Gasteiger partial charge on any atom is -0.144 e. The topological polar surface area (TPSA) is 0 Å². The summed E-state index contributed by atoms with van der Waals surface area (Å²) in [5.41, 5.74) is 5.62. The number of hydrogen-bond donors (Lipinski definition) is 0. The Labute approximate surface area is 199 Å². The van der Waals surface area contributed by atoms with Crippen LogP contribution >= 0.6 is 22.7 Å². The number of aryl methyl sites for hydroxylation is 2. The molecule has 0 bridgehead atoms. The van der Waals surface area contributed by atoms with Crippen molar-refractivity contribution in [1.29, 1.82) is 0 Å². The monoisotopic (exact) mass is 454 g/mol. The van der Waals surface area contributed by atoms with Crippen LogP contribution < -0.4 is 0 Å².